The number of carbonyl (C=O) groups excluding carboxylic acids is 4. The summed E-state index contributed by atoms with van der Waals surface area (Å²) < 4.78 is 5.51. The number of anilines is 2. The molecule has 59 heavy (non-hydrogen) atoms. The van der Waals surface area contributed by atoms with E-state index in [0.717, 1.165) is 29.1 Å². The van der Waals surface area contributed by atoms with Crippen molar-refractivity contribution >= 4 is 75.2 Å². The molecule has 2 heterocycles. The maximum atomic E-state index is 14.4. The van der Waals surface area contributed by atoms with Gasteiger partial charge in [0.1, 0.15) is 15.9 Å². The summed E-state index contributed by atoms with van der Waals surface area (Å²) in [6.07, 6.45) is 2.24. The van der Waals surface area contributed by atoms with Gasteiger partial charge in [0, 0.05) is 45.7 Å². The van der Waals surface area contributed by atoms with E-state index in [0.29, 0.717) is 50.3 Å². The zero-order valence-electron chi connectivity index (χ0n) is 32.2. The highest BCUT2D eigenvalue weighted by molar-refractivity contribution is 8.00. The topological polar surface area (TPSA) is 117 Å². The molecule has 5 aromatic carbocycles. The van der Waals surface area contributed by atoms with E-state index in [2.05, 4.69) is 33.0 Å². The number of carbonyl (C=O) groups is 4. The van der Waals surface area contributed by atoms with Crippen molar-refractivity contribution in [2.75, 3.05) is 23.8 Å². The van der Waals surface area contributed by atoms with Crippen LogP contribution in [0.4, 0.5) is 10.7 Å². The van der Waals surface area contributed by atoms with E-state index in [4.69, 9.17) is 16.3 Å². The number of amides is 3. The molecule has 1 unspecified atom stereocenters. The first-order valence-corrected chi connectivity index (χ1v) is 21.2. The lowest BCUT2D eigenvalue weighted by molar-refractivity contribution is -0.116. The normalized spacial score (nSPS) is 13.2. The van der Waals surface area contributed by atoms with E-state index in [9.17, 15) is 19.2 Å². The number of fused-ring (bicyclic) bond motifs is 1. The lowest BCUT2D eigenvalue weighted by Crippen LogP contribution is -2.30. The molecule has 6 aromatic rings. The molecule has 1 aliphatic heterocycles. The van der Waals surface area contributed by atoms with Crippen molar-refractivity contribution in [2.24, 2.45) is 0 Å². The predicted molar refractivity (Wildman–Crippen MR) is 237 cm³/mol. The van der Waals surface area contributed by atoms with Gasteiger partial charge in [-0.1, -0.05) is 109 Å². The second-order valence-corrected chi connectivity index (χ2v) is 16.4. The van der Waals surface area contributed by atoms with Gasteiger partial charge in [0.25, 0.3) is 11.8 Å². The van der Waals surface area contributed by atoms with Crippen LogP contribution in [0.25, 0.3) is 6.08 Å². The number of nitrogens with one attached hydrogen (secondary N) is 3. The summed E-state index contributed by atoms with van der Waals surface area (Å²) in [4.78, 5) is 58.9. The Balaban J connectivity index is 1.12. The van der Waals surface area contributed by atoms with Crippen LogP contribution in [-0.4, -0.2) is 41.7 Å². The Hall–Kier alpha value is -5.98. The first-order chi connectivity index (χ1) is 28.7. The summed E-state index contributed by atoms with van der Waals surface area (Å²) in [6, 6.07) is 42.4. The van der Waals surface area contributed by atoms with Crippen molar-refractivity contribution in [3.63, 3.8) is 0 Å². The third-order valence-corrected chi connectivity index (χ3v) is 12.1. The average Bonchev–Trinajstić information content (AvgIpc) is 3.61. The van der Waals surface area contributed by atoms with Crippen LogP contribution in [0.2, 0.25) is 5.02 Å². The number of thiophene rings is 1. The smallest absolute Gasteiger partial charge is 0.341 e. The van der Waals surface area contributed by atoms with Crippen molar-refractivity contribution in [3.8, 4) is 0 Å². The molecule has 7 rings (SSSR count). The number of halogens is 1. The third kappa shape index (κ3) is 10.8. The van der Waals surface area contributed by atoms with Gasteiger partial charge in [0.15, 0.2) is 0 Å². The Morgan fingerprint density at radius 3 is 2.25 bits per heavy atom. The largest absolute Gasteiger partial charge is 0.462 e. The summed E-state index contributed by atoms with van der Waals surface area (Å²) in [5, 5.41) is 9.09. The SMILES string of the molecule is CCOC(=O)c1c(NC(=O)C(Sc2cccc(NC(=O)/C(=C/c3ccc(Cl)cc3)NC(=O)c3ccccc3)c2)c2ccccc2)sc2c1CCN(Cc1ccccc1)C2. The molecule has 1 aromatic heterocycles. The highest BCUT2D eigenvalue weighted by atomic mass is 35.5. The summed E-state index contributed by atoms with van der Waals surface area (Å²) in [7, 11) is 0. The number of thioether (sulfide) groups is 1. The molecule has 0 bridgehead atoms. The van der Waals surface area contributed by atoms with Gasteiger partial charge in [-0.2, -0.15) is 0 Å². The maximum Gasteiger partial charge on any atom is 0.341 e. The van der Waals surface area contributed by atoms with Crippen LogP contribution in [0, 0.1) is 0 Å². The fourth-order valence-electron chi connectivity index (χ4n) is 6.67. The summed E-state index contributed by atoms with van der Waals surface area (Å²) in [6.45, 7) is 4.19. The molecule has 0 fully saturated rings. The number of esters is 1. The molecule has 0 spiro atoms. The van der Waals surface area contributed by atoms with E-state index in [1.165, 1.54) is 28.7 Å². The van der Waals surface area contributed by atoms with E-state index < -0.39 is 23.0 Å². The monoisotopic (exact) mass is 840 g/mol. The van der Waals surface area contributed by atoms with Gasteiger partial charge in [-0.3, -0.25) is 19.3 Å². The minimum Gasteiger partial charge on any atom is -0.462 e. The van der Waals surface area contributed by atoms with Crippen LogP contribution in [0.3, 0.4) is 0 Å². The van der Waals surface area contributed by atoms with Crippen LogP contribution in [-0.2, 0) is 33.8 Å². The number of ether oxygens (including phenoxy) is 1. The first kappa shape index (κ1) is 41.2. The molecule has 0 aliphatic carbocycles. The number of rotatable bonds is 14. The van der Waals surface area contributed by atoms with Crippen LogP contribution in [0.1, 0.15) is 60.0 Å². The van der Waals surface area contributed by atoms with Crippen molar-refractivity contribution in [3.05, 3.63) is 189 Å². The highest BCUT2D eigenvalue weighted by Crippen LogP contribution is 2.41. The first-order valence-electron chi connectivity index (χ1n) is 19.1. The standard InChI is InChI=1S/C47H41ClN4O5S2/c1-2-57-47(56)41-38-25-26-52(29-32-13-6-3-7-14-32)30-40(38)59-46(41)51-45(55)42(33-15-8-4-9-16-33)58-37-20-12-19-36(28-37)49-44(54)39(27-31-21-23-35(48)24-22-31)50-43(53)34-17-10-5-11-18-34/h3-24,27-28,42H,2,25-26,29-30H2,1H3,(H,49,54)(H,50,53)(H,51,55)/b39-27-. The Labute approximate surface area is 356 Å². The number of nitrogens with zero attached hydrogens (tertiary/aromatic N) is 1. The van der Waals surface area contributed by atoms with Crippen molar-refractivity contribution in [1.29, 1.82) is 0 Å². The molecule has 3 amide bonds. The minimum absolute atomic E-state index is 0.0278. The van der Waals surface area contributed by atoms with E-state index in [1.807, 2.05) is 54.6 Å². The second-order valence-electron chi connectivity index (χ2n) is 13.7. The predicted octanol–water partition coefficient (Wildman–Crippen LogP) is 10.0. The van der Waals surface area contributed by atoms with Gasteiger partial charge in [0.2, 0.25) is 5.91 Å². The molecule has 0 saturated carbocycles. The van der Waals surface area contributed by atoms with Gasteiger partial charge >= 0.3 is 5.97 Å². The zero-order valence-corrected chi connectivity index (χ0v) is 34.5. The highest BCUT2D eigenvalue weighted by Gasteiger charge is 2.32. The number of hydrogen-bond donors (Lipinski definition) is 3. The Bertz CT molecular complexity index is 2460. The molecule has 298 valence electrons. The Morgan fingerprint density at radius 2 is 1.54 bits per heavy atom. The second kappa shape index (κ2) is 19.6. The lowest BCUT2D eigenvalue weighted by atomic mass is 10.0. The zero-order chi connectivity index (χ0) is 41.1. The average molecular weight is 841 g/mol. The molecule has 9 nitrogen and oxygen atoms in total. The molecule has 12 heteroatoms. The van der Waals surface area contributed by atoms with Crippen molar-refractivity contribution < 1.29 is 23.9 Å². The lowest BCUT2D eigenvalue weighted by Gasteiger charge is -2.27. The van der Waals surface area contributed by atoms with Crippen molar-refractivity contribution in [1.82, 2.24) is 10.2 Å². The van der Waals surface area contributed by atoms with Gasteiger partial charge in [-0.05, 0) is 84.1 Å². The van der Waals surface area contributed by atoms with E-state index in [-0.39, 0.29) is 18.2 Å². The molecular weight excluding hydrogens is 800 g/mol. The van der Waals surface area contributed by atoms with Crippen LogP contribution < -0.4 is 16.0 Å². The molecule has 3 N–H and O–H groups in total. The Kier molecular flexibility index (Phi) is 13.7. The van der Waals surface area contributed by atoms with E-state index >= 15 is 0 Å². The molecule has 0 saturated heterocycles. The summed E-state index contributed by atoms with van der Waals surface area (Å²) >= 11 is 8.83. The van der Waals surface area contributed by atoms with Crippen LogP contribution in [0.15, 0.2) is 150 Å². The van der Waals surface area contributed by atoms with Gasteiger partial charge in [-0.15, -0.1) is 23.1 Å². The maximum absolute atomic E-state index is 14.4. The fourth-order valence-corrected chi connectivity index (χ4v) is 9.16. The van der Waals surface area contributed by atoms with Crippen molar-refractivity contribution in [2.45, 2.75) is 36.6 Å². The summed E-state index contributed by atoms with van der Waals surface area (Å²) in [5.74, 6) is -1.74. The Morgan fingerprint density at radius 1 is 0.847 bits per heavy atom. The van der Waals surface area contributed by atoms with Crippen LogP contribution in [0.5, 0.6) is 0 Å². The quantitative estimate of drug-likeness (QED) is 0.0568. The number of benzene rings is 5. The van der Waals surface area contributed by atoms with Crippen LogP contribution >= 0.6 is 34.7 Å². The molecule has 1 atom stereocenters. The minimum atomic E-state index is -0.726. The molecule has 1 aliphatic rings. The van der Waals surface area contributed by atoms with Gasteiger partial charge in [-0.25, -0.2) is 4.79 Å². The molecular formula is C47H41ClN4O5S2. The third-order valence-electron chi connectivity index (χ3n) is 9.50. The fraction of sp³-hybridized carbons (Fsp3) is 0.149. The van der Waals surface area contributed by atoms with E-state index in [1.54, 1.807) is 85.8 Å². The molecule has 0 radical (unpaired) electrons. The van der Waals surface area contributed by atoms with Gasteiger partial charge in [0.05, 0.1) is 12.2 Å². The summed E-state index contributed by atoms with van der Waals surface area (Å²) in [5.41, 5.74) is 4.85. The van der Waals surface area contributed by atoms with Gasteiger partial charge < -0.3 is 20.7 Å². The number of hydrogen-bond acceptors (Lipinski definition) is 8.